The highest BCUT2D eigenvalue weighted by Crippen LogP contribution is 2.16. The number of esters is 1. The van der Waals surface area contributed by atoms with Crippen LogP contribution in [0, 0.1) is 0 Å². The normalized spacial score (nSPS) is 13.3. The van der Waals surface area contributed by atoms with Crippen LogP contribution >= 0.6 is 0 Å². The maximum atomic E-state index is 12.0. The summed E-state index contributed by atoms with van der Waals surface area (Å²) in [5.74, 6) is -0.533. The summed E-state index contributed by atoms with van der Waals surface area (Å²) in [7, 11) is 0. The van der Waals surface area contributed by atoms with Crippen LogP contribution in [0.5, 0.6) is 0 Å². The van der Waals surface area contributed by atoms with Crippen molar-refractivity contribution in [1.29, 1.82) is 0 Å². The zero-order valence-corrected chi connectivity index (χ0v) is 17.1. The zero-order chi connectivity index (χ0) is 19.7. The van der Waals surface area contributed by atoms with Gasteiger partial charge in [-0.1, -0.05) is 108 Å². The molecule has 0 aliphatic heterocycles. The van der Waals surface area contributed by atoms with E-state index in [9.17, 15) is 9.90 Å². The summed E-state index contributed by atoms with van der Waals surface area (Å²) in [6.45, 7) is 2.63. The number of hydrogen-bond donors (Lipinski definition) is 2. The predicted molar refractivity (Wildman–Crippen MR) is 111 cm³/mol. The summed E-state index contributed by atoms with van der Waals surface area (Å²) in [4.78, 5) is 12.0. The molecule has 0 spiro atoms. The average Bonchev–Trinajstić information content (AvgIpc) is 2.70. The van der Waals surface area contributed by atoms with Crippen LogP contribution in [-0.2, 0) is 9.53 Å². The van der Waals surface area contributed by atoms with Crippen LogP contribution in [0.4, 0.5) is 0 Å². The predicted octanol–water partition coefficient (Wildman–Crippen LogP) is 5.29. The van der Waals surface area contributed by atoms with Crippen molar-refractivity contribution in [2.75, 3.05) is 6.61 Å². The Kier molecular flexibility index (Phi) is 13.7. The van der Waals surface area contributed by atoms with Crippen LogP contribution in [0.2, 0.25) is 0 Å². The first kappa shape index (κ1) is 23.6. The molecular weight excluding hydrogens is 338 g/mol. The number of ether oxygens (including phenoxy) is 1. The Morgan fingerprint density at radius 3 is 1.89 bits per heavy atom. The minimum absolute atomic E-state index is 0.380. The molecule has 1 aromatic rings. The van der Waals surface area contributed by atoms with Crippen LogP contribution in [0.25, 0.3) is 0 Å². The second kappa shape index (κ2) is 15.6. The van der Waals surface area contributed by atoms with Crippen molar-refractivity contribution in [2.45, 2.75) is 96.1 Å². The van der Waals surface area contributed by atoms with E-state index in [-0.39, 0.29) is 0 Å². The van der Waals surface area contributed by atoms with E-state index in [2.05, 4.69) is 6.92 Å². The van der Waals surface area contributed by atoms with Gasteiger partial charge >= 0.3 is 5.97 Å². The number of aliphatic hydroxyl groups excluding tert-OH is 1. The number of carbonyl (C=O) groups is 1. The van der Waals surface area contributed by atoms with Crippen LogP contribution in [-0.4, -0.2) is 23.7 Å². The summed E-state index contributed by atoms with van der Waals surface area (Å²) in [6, 6.07) is 7.94. The molecular formula is C23H39NO3. The zero-order valence-electron chi connectivity index (χ0n) is 17.1. The smallest absolute Gasteiger partial charge is 0.325 e. The van der Waals surface area contributed by atoms with Gasteiger partial charge in [0.25, 0.3) is 0 Å². The minimum atomic E-state index is -1.04. The van der Waals surface area contributed by atoms with Gasteiger partial charge in [0.15, 0.2) is 0 Å². The van der Waals surface area contributed by atoms with E-state index in [1.807, 2.05) is 18.2 Å². The second-order valence-corrected chi connectivity index (χ2v) is 7.44. The standard InChI is InChI=1S/C23H39NO3/c1-2-3-4-5-6-7-8-9-10-11-12-16-19-27-23(26)21(24)22(25)20-17-14-13-15-18-20/h13-15,17-18,21-22,25H,2-12,16,19,24H2,1H3/t21-,22-/m1/s1. The quantitative estimate of drug-likeness (QED) is 0.303. The van der Waals surface area contributed by atoms with Gasteiger partial charge in [0, 0.05) is 0 Å². The summed E-state index contributed by atoms with van der Waals surface area (Å²) >= 11 is 0. The highest BCUT2D eigenvalue weighted by atomic mass is 16.5. The SMILES string of the molecule is CCCCCCCCCCCCCCOC(=O)[C@H](N)[C@H](O)c1ccccc1. The largest absolute Gasteiger partial charge is 0.464 e. The Labute approximate surface area is 165 Å². The molecule has 0 aliphatic carbocycles. The number of benzene rings is 1. The fourth-order valence-electron chi connectivity index (χ4n) is 3.20. The molecule has 27 heavy (non-hydrogen) atoms. The Bertz CT molecular complexity index is 478. The second-order valence-electron chi connectivity index (χ2n) is 7.44. The Hall–Kier alpha value is -1.39. The van der Waals surface area contributed by atoms with Crippen molar-refractivity contribution in [2.24, 2.45) is 5.73 Å². The third-order valence-corrected chi connectivity index (χ3v) is 5.00. The van der Waals surface area contributed by atoms with E-state index < -0.39 is 18.1 Å². The van der Waals surface area contributed by atoms with E-state index in [1.165, 1.54) is 64.2 Å². The molecule has 0 saturated carbocycles. The molecule has 0 aliphatic rings. The van der Waals surface area contributed by atoms with Gasteiger partial charge in [-0.25, -0.2) is 0 Å². The fraction of sp³-hybridized carbons (Fsp3) is 0.696. The van der Waals surface area contributed by atoms with Gasteiger partial charge in [-0.3, -0.25) is 4.79 Å². The van der Waals surface area contributed by atoms with Gasteiger partial charge in [0.2, 0.25) is 0 Å². The third-order valence-electron chi connectivity index (χ3n) is 5.00. The molecule has 4 heteroatoms. The average molecular weight is 378 g/mol. The maximum absolute atomic E-state index is 12.0. The van der Waals surface area contributed by atoms with Crippen molar-refractivity contribution in [1.82, 2.24) is 0 Å². The van der Waals surface area contributed by atoms with Crippen molar-refractivity contribution in [3.63, 3.8) is 0 Å². The van der Waals surface area contributed by atoms with Crippen molar-refractivity contribution < 1.29 is 14.6 Å². The molecule has 1 aromatic carbocycles. The number of unbranched alkanes of at least 4 members (excludes halogenated alkanes) is 11. The molecule has 0 heterocycles. The monoisotopic (exact) mass is 377 g/mol. The van der Waals surface area contributed by atoms with Crippen molar-refractivity contribution in [3.8, 4) is 0 Å². The molecule has 3 N–H and O–H groups in total. The van der Waals surface area contributed by atoms with Gasteiger partial charge in [0.05, 0.1) is 6.61 Å². The first-order chi connectivity index (χ1) is 13.2. The Morgan fingerprint density at radius 1 is 0.889 bits per heavy atom. The fourth-order valence-corrected chi connectivity index (χ4v) is 3.20. The highest BCUT2D eigenvalue weighted by Gasteiger charge is 2.25. The van der Waals surface area contributed by atoms with Crippen LogP contribution < -0.4 is 5.73 Å². The summed E-state index contributed by atoms with van der Waals surface area (Å²) in [5.41, 5.74) is 6.45. The highest BCUT2D eigenvalue weighted by molar-refractivity contribution is 5.76. The topological polar surface area (TPSA) is 72.5 Å². The molecule has 2 atom stereocenters. The summed E-state index contributed by atoms with van der Waals surface area (Å²) in [6.07, 6.45) is 14.2. The van der Waals surface area contributed by atoms with Gasteiger partial charge in [-0.2, -0.15) is 0 Å². The summed E-state index contributed by atoms with van der Waals surface area (Å²) in [5, 5.41) is 10.1. The minimum Gasteiger partial charge on any atom is -0.464 e. The molecule has 154 valence electrons. The molecule has 1 rings (SSSR count). The number of hydrogen-bond acceptors (Lipinski definition) is 4. The van der Waals surface area contributed by atoms with E-state index in [0.717, 1.165) is 12.8 Å². The number of carbonyl (C=O) groups excluding carboxylic acids is 1. The van der Waals surface area contributed by atoms with Gasteiger partial charge in [-0.05, 0) is 12.0 Å². The summed E-state index contributed by atoms with van der Waals surface area (Å²) < 4.78 is 5.21. The molecule has 0 amide bonds. The lowest BCUT2D eigenvalue weighted by molar-refractivity contribution is -0.148. The molecule has 0 unspecified atom stereocenters. The number of rotatable bonds is 16. The Morgan fingerprint density at radius 2 is 1.37 bits per heavy atom. The first-order valence-corrected chi connectivity index (χ1v) is 10.8. The lowest BCUT2D eigenvalue weighted by atomic mass is 10.0. The molecule has 0 saturated heterocycles. The van der Waals surface area contributed by atoms with Crippen LogP contribution in [0.3, 0.4) is 0 Å². The van der Waals surface area contributed by atoms with E-state index in [4.69, 9.17) is 10.5 Å². The van der Waals surface area contributed by atoms with Gasteiger partial charge in [-0.15, -0.1) is 0 Å². The molecule has 0 aromatic heterocycles. The van der Waals surface area contributed by atoms with Gasteiger partial charge in [0.1, 0.15) is 12.1 Å². The Balaban J connectivity index is 1.96. The lowest BCUT2D eigenvalue weighted by Gasteiger charge is -2.18. The van der Waals surface area contributed by atoms with E-state index in [1.54, 1.807) is 12.1 Å². The van der Waals surface area contributed by atoms with Crippen LogP contribution in [0.15, 0.2) is 30.3 Å². The molecule has 4 nitrogen and oxygen atoms in total. The van der Waals surface area contributed by atoms with Crippen LogP contribution in [0.1, 0.15) is 95.6 Å². The molecule has 0 fully saturated rings. The third kappa shape index (κ3) is 11.1. The van der Waals surface area contributed by atoms with Crippen molar-refractivity contribution in [3.05, 3.63) is 35.9 Å². The van der Waals surface area contributed by atoms with E-state index >= 15 is 0 Å². The van der Waals surface area contributed by atoms with Crippen molar-refractivity contribution >= 4 is 5.97 Å². The molecule has 0 radical (unpaired) electrons. The first-order valence-electron chi connectivity index (χ1n) is 10.8. The van der Waals surface area contributed by atoms with E-state index in [0.29, 0.717) is 12.2 Å². The number of aliphatic hydroxyl groups is 1. The van der Waals surface area contributed by atoms with Gasteiger partial charge < -0.3 is 15.6 Å². The lowest BCUT2D eigenvalue weighted by Crippen LogP contribution is -2.38. The maximum Gasteiger partial charge on any atom is 0.325 e. The number of nitrogens with two attached hydrogens (primary N) is 1. The molecule has 0 bridgehead atoms.